The first-order chi connectivity index (χ1) is 21.0. The molecule has 3 aromatic carbocycles. The Morgan fingerprint density at radius 1 is 0.932 bits per heavy atom. The first kappa shape index (κ1) is 33.2. The summed E-state index contributed by atoms with van der Waals surface area (Å²) in [5.74, 6) is -0.741. The third-order valence-electron chi connectivity index (χ3n) is 8.25. The van der Waals surface area contributed by atoms with Gasteiger partial charge in [0.05, 0.1) is 6.54 Å². The number of amides is 1. The number of hydrogen-bond acceptors (Lipinski definition) is 5. The molecule has 3 aromatic rings. The van der Waals surface area contributed by atoms with E-state index in [2.05, 4.69) is 10.3 Å². The molecular formula is C35H42F3N3O3. The standard InChI is InChI=1S/C35H42F3N3O3/c1-34(2,3)44-33(43)41(23-24-42)39-25-35(27-9-13-29(36)14-10-27,28-11-15-30(37)16-12-28)19-6-20-40-21-17-26(18-22-40)31-7-4-5-8-32(31)38/h4-5,7-16,24,26,39H,6,17-23,25H2,1-3H3. The number of likely N-dealkylation sites (tertiary alicyclic amines) is 1. The number of nitrogens with one attached hydrogen (secondary N) is 1. The van der Waals surface area contributed by atoms with Crippen molar-refractivity contribution < 1.29 is 27.5 Å². The fourth-order valence-electron chi connectivity index (χ4n) is 5.99. The zero-order valence-corrected chi connectivity index (χ0v) is 25.7. The van der Waals surface area contributed by atoms with Crippen LogP contribution in [-0.4, -0.2) is 60.6 Å². The van der Waals surface area contributed by atoms with Gasteiger partial charge in [-0.15, -0.1) is 0 Å². The summed E-state index contributed by atoms with van der Waals surface area (Å²) in [6.07, 6.45) is 2.95. The number of aldehydes is 1. The molecule has 1 amide bonds. The molecule has 0 atom stereocenters. The lowest BCUT2D eigenvalue weighted by Gasteiger charge is -2.39. The molecule has 236 valence electrons. The number of rotatable bonds is 12. The number of piperidine rings is 1. The van der Waals surface area contributed by atoms with E-state index in [1.54, 1.807) is 51.1 Å². The molecular weight excluding hydrogens is 567 g/mol. The van der Waals surface area contributed by atoms with E-state index in [4.69, 9.17) is 4.74 Å². The fourth-order valence-corrected chi connectivity index (χ4v) is 5.99. The van der Waals surface area contributed by atoms with Crippen LogP contribution in [0.1, 0.15) is 69.1 Å². The van der Waals surface area contributed by atoms with Gasteiger partial charge in [-0.3, -0.25) is 0 Å². The molecule has 44 heavy (non-hydrogen) atoms. The normalized spacial score (nSPS) is 14.8. The summed E-state index contributed by atoms with van der Waals surface area (Å²) in [5.41, 5.74) is 3.88. The number of hydrogen-bond donors (Lipinski definition) is 1. The van der Waals surface area contributed by atoms with Crippen molar-refractivity contribution in [2.24, 2.45) is 0 Å². The van der Waals surface area contributed by atoms with Crippen molar-refractivity contribution in [2.75, 3.05) is 32.7 Å². The van der Waals surface area contributed by atoms with Crippen LogP contribution < -0.4 is 5.43 Å². The van der Waals surface area contributed by atoms with Gasteiger partial charge < -0.3 is 14.4 Å². The molecule has 0 unspecified atom stereocenters. The Kier molecular flexibility index (Phi) is 11.2. The van der Waals surface area contributed by atoms with Crippen LogP contribution in [0.25, 0.3) is 0 Å². The molecule has 0 aliphatic carbocycles. The highest BCUT2D eigenvalue weighted by molar-refractivity contribution is 5.71. The molecule has 6 nitrogen and oxygen atoms in total. The molecule has 1 fully saturated rings. The second kappa shape index (κ2) is 14.9. The SMILES string of the molecule is CC(C)(C)OC(=O)N(CC=O)NCC(CCCN1CCC(c2ccccc2F)CC1)(c1ccc(F)cc1)c1ccc(F)cc1. The Hall–Kier alpha value is -3.69. The van der Waals surface area contributed by atoms with E-state index in [1.807, 2.05) is 12.1 Å². The summed E-state index contributed by atoms with van der Waals surface area (Å²) in [6.45, 7) is 7.59. The molecule has 1 aliphatic rings. The number of carbonyl (C=O) groups excluding carboxylic acids is 2. The van der Waals surface area contributed by atoms with E-state index in [-0.39, 0.29) is 36.5 Å². The first-order valence-corrected chi connectivity index (χ1v) is 15.2. The largest absolute Gasteiger partial charge is 0.443 e. The Bertz CT molecular complexity index is 1320. The number of halogens is 3. The molecule has 0 spiro atoms. The average molecular weight is 610 g/mol. The zero-order valence-electron chi connectivity index (χ0n) is 25.7. The number of carbonyl (C=O) groups is 2. The van der Waals surface area contributed by atoms with E-state index < -0.39 is 17.1 Å². The second-order valence-corrected chi connectivity index (χ2v) is 12.4. The van der Waals surface area contributed by atoms with E-state index >= 15 is 0 Å². The Morgan fingerprint density at radius 3 is 2.02 bits per heavy atom. The van der Waals surface area contributed by atoms with Gasteiger partial charge in [0.1, 0.15) is 29.3 Å². The maximum Gasteiger partial charge on any atom is 0.425 e. The van der Waals surface area contributed by atoms with Gasteiger partial charge in [0, 0.05) is 12.0 Å². The predicted molar refractivity (Wildman–Crippen MR) is 165 cm³/mol. The van der Waals surface area contributed by atoms with Crippen molar-refractivity contribution in [3.8, 4) is 0 Å². The minimum absolute atomic E-state index is 0.156. The van der Waals surface area contributed by atoms with Crippen molar-refractivity contribution in [3.63, 3.8) is 0 Å². The summed E-state index contributed by atoms with van der Waals surface area (Å²) in [4.78, 5) is 26.8. The van der Waals surface area contributed by atoms with Crippen molar-refractivity contribution >= 4 is 12.4 Å². The number of hydrazine groups is 1. The van der Waals surface area contributed by atoms with Crippen LogP contribution in [0.3, 0.4) is 0 Å². The smallest absolute Gasteiger partial charge is 0.425 e. The van der Waals surface area contributed by atoms with Crippen LogP contribution in [0, 0.1) is 17.5 Å². The maximum absolute atomic E-state index is 14.4. The third kappa shape index (κ3) is 8.70. The van der Waals surface area contributed by atoms with Crippen LogP contribution in [0.2, 0.25) is 0 Å². The summed E-state index contributed by atoms with van der Waals surface area (Å²) in [7, 11) is 0. The van der Waals surface area contributed by atoms with Gasteiger partial charge in [0.25, 0.3) is 0 Å². The van der Waals surface area contributed by atoms with E-state index in [0.717, 1.165) is 60.6 Å². The van der Waals surface area contributed by atoms with Gasteiger partial charge in [-0.2, -0.15) is 0 Å². The van der Waals surface area contributed by atoms with E-state index in [9.17, 15) is 22.8 Å². The lowest BCUT2D eigenvalue weighted by Crippen LogP contribution is -2.52. The number of ether oxygens (including phenoxy) is 1. The highest BCUT2D eigenvalue weighted by Gasteiger charge is 2.36. The van der Waals surface area contributed by atoms with Crippen LogP contribution in [0.5, 0.6) is 0 Å². The molecule has 0 saturated carbocycles. The quantitative estimate of drug-likeness (QED) is 0.177. The molecule has 0 aromatic heterocycles. The van der Waals surface area contributed by atoms with Gasteiger partial charge in [0.2, 0.25) is 0 Å². The minimum Gasteiger partial charge on any atom is -0.443 e. The molecule has 4 rings (SSSR count). The fraction of sp³-hybridized carbons (Fsp3) is 0.429. The molecule has 0 bridgehead atoms. The van der Waals surface area contributed by atoms with Gasteiger partial charge in [-0.1, -0.05) is 42.5 Å². The van der Waals surface area contributed by atoms with Crippen LogP contribution in [0.15, 0.2) is 72.8 Å². The third-order valence-corrected chi connectivity index (χ3v) is 8.25. The Labute approximate surface area is 258 Å². The first-order valence-electron chi connectivity index (χ1n) is 15.2. The van der Waals surface area contributed by atoms with E-state index in [0.29, 0.717) is 12.7 Å². The van der Waals surface area contributed by atoms with Crippen molar-refractivity contribution in [3.05, 3.63) is 107 Å². The Morgan fingerprint density at radius 2 is 1.50 bits per heavy atom. The Balaban J connectivity index is 1.56. The highest BCUT2D eigenvalue weighted by atomic mass is 19.1. The zero-order chi connectivity index (χ0) is 31.7. The van der Waals surface area contributed by atoms with Gasteiger partial charge in [-0.25, -0.2) is 28.4 Å². The maximum atomic E-state index is 14.4. The van der Waals surface area contributed by atoms with Crippen molar-refractivity contribution in [1.82, 2.24) is 15.3 Å². The summed E-state index contributed by atoms with van der Waals surface area (Å²) in [6, 6.07) is 19.3. The molecule has 1 aliphatic heterocycles. The lowest BCUT2D eigenvalue weighted by molar-refractivity contribution is -0.109. The molecule has 0 radical (unpaired) electrons. The molecule has 1 N–H and O–H groups in total. The minimum atomic E-state index is -0.809. The van der Waals surface area contributed by atoms with Crippen LogP contribution in [-0.2, 0) is 14.9 Å². The molecule has 9 heteroatoms. The second-order valence-electron chi connectivity index (χ2n) is 12.4. The van der Waals surface area contributed by atoms with Crippen LogP contribution in [0.4, 0.5) is 18.0 Å². The van der Waals surface area contributed by atoms with E-state index in [1.165, 1.54) is 30.3 Å². The topological polar surface area (TPSA) is 61.9 Å². The lowest BCUT2D eigenvalue weighted by atomic mass is 9.71. The summed E-state index contributed by atoms with van der Waals surface area (Å²) in [5, 5.41) is 1.13. The summed E-state index contributed by atoms with van der Waals surface area (Å²) >= 11 is 0. The average Bonchev–Trinajstić information content (AvgIpc) is 2.99. The molecule has 1 heterocycles. The van der Waals surface area contributed by atoms with Crippen molar-refractivity contribution in [1.29, 1.82) is 0 Å². The van der Waals surface area contributed by atoms with Crippen LogP contribution >= 0.6 is 0 Å². The number of nitrogens with zero attached hydrogens (tertiary/aromatic N) is 2. The number of benzene rings is 3. The predicted octanol–water partition coefficient (Wildman–Crippen LogP) is 6.99. The van der Waals surface area contributed by atoms with Gasteiger partial charge in [0.15, 0.2) is 0 Å². The highest BCUT2D eigenvalue weighted by Crippen LogP contribution is 2.38. The molecule has 1 saturated heterocycles. The van der Waals surface area contributed by atoms with Gasteiger partial charge in [-0.05, 0) is 119 Å². The van der Waals surface area contributed by atoms with Gasteiger partial charge >= 0.3 is 6.09 Å². The monoisotopic (exact) mass is 609 g/mol. The van der Waals surface area contributed by atoms with Crippen molar-refractivity contribution in [2.45, 2.75) is 63.4 Å². The summed E-state index contributed by atoms with van der Waals surface area (Å²) < 4.78 is 48.0.